The van der Waals surface area contributed by atoms with Gasteiger partial charge in [0.05, 0.1) is 7.11 Å². The van der Waals surface area contributed by atoms with Gasteiger partial charge < -0.3 is 20.9 Å². The molecule has 0 unspecified atom stereocenters. The van der Waals surface area contributed by atoms with Gasteiger partial charge in [0.25, 0.3) is 0 Å². The normalized spacial score (nSPS) is 13.2. The number of methoxy groups -OCH3 is 1. The Morgan fingerprint density at radius 1 is 1.33 bits per heavy atom. The molecule has 0 aliphatic carbocycles. The molecule has 0 bridgehead atoms. The van der Waals surface area contributed by atoms with Crippen molar-refractivity contribution in [2.75, 3.05) is 13.7 Å². The molecular formula is C11H15F3N2O2. The maximum absolute atomic E-state index is 12.1. The Morgan fingerprint density at radius 3 is 2.50 bits per heavy atom. The lowest BCUT2D eigenvalue weighted by molar-refractivity contribution is -0.274. The molecule has 1 aromatic rings. The molecule has 7 heteroatoms. The number of hydrogen-bond donors (Lipinski definition) is 2. The fourth-order valence-electron chi connectivity index (χ4n) is 1.53. The standard InChI is InChI=1S/C11H15F3N2O2/c1-17-10-6-7(18-11(12,13)14)2-3-8(10)9(16)4-5-15/h2-3,6,9H,4-5,15-16H2,1H3/t9-/m0/s1. The Hall–Kier alpha value is -1.47. The van der Waals surface area contributed by atoms with Crippen LogP contribution < -0.4 is 20.9 Å². The highest BCUT2D eigenvalue weighted by Crippen LogP contribution is 2.32. The fourth-order valence-corrected chi connectivity index (χ4v) is 1.53. The fraction of sp³-hybridized carbons (Fsp3) is 0.455. The van der Waals surface area contributed by atoms with E-state index in [0.717, 1.165) is 6.07 Å². The highest BCUT2D eigenvalue weighted by atomic mass is 19.4. The molecule has 1 aromatic carbocycles. The first-order chi connectivity index (χ1) is 8.37. The van der Waals surface area contributed by atoms with Crippen LogP contribution in [0.2, 0.25) is 0 Å². The summed E-state index contributed by atoms with van der Waals surface area (Å²) in [5.74, 6) is -0.0965. The van der Waals surface area contributed by atoms with Crippen molar-refractivity contribution < 1.29 is 22.6 Å². The molecule has 4 nitrogen and oxygen atoms in total. The number of alkyl halides is 3. The van der Waals surface area contributed by atoms with E-state index >= 15 is 0 Å². The lowest BCUT2D eigenvalue weighted by Gasteiger charge is -2.16. The molecule has 0 radical (unpaired) electrons. The van der Waals surface area contributed by atoms with E-state index in [-0.39, 0.29) is 17.5 Å². The molecule has 0 saturated heterocycles. The highest BCUT2D eigenvalue weighted by Gasteiger charge is 2.31. The first-order valence-corrected chi connectivity index (χ1v) is 5.26. The Morgan fingerprint density at radius 2 is 2.00 bits per heavy atom. The lowest BCUT2D eigenvalue weighted by atomic mass is 10.0. The molecule has 0 saturated carbocycles. The van der Waals surface area contributed by atoms with Gasteiger partial charge >= 0.3 is 6.36 Å². The van der Waals surface area contributed by atoms with Crippen LogP contribution in [-0.4, -0.2) is 20.0 Å². The number of nitrogens with two attached hydrogens (primary N) is 2. The minimum absolute atomic E-state index is 0.248. The predicted molar refractivity (Wildman–Crippen MR) is 60.3 cm³/mol. The molecule has 4 N–H and O–H groups in total. The summed E-state index contributed by atoms with van der Waals surface area (Å²) in [5.41, 5.74) is 11.8. The summed E-state index contributed by atoms with van der Waals surface area (Å²) < 4.78 is 45.0. The summed E-state index contributed by atoms with van der Waals surface area (Å²) in [6, 6.07) is 3.41. The smallest absolute Gasteiger partial charge is 0.496 e. The number of hydrogen-bond acceptors (Lipinski definition) is 4. The third kappa shape index (κ3) is 4.08. The predicted octanol–water partition coefficient (Wildman–Crippen LogP) is 1.94. The van der Waals surface area contributed by atoms with Crippen LogP contribution in [0.3, 0.4) is 0 Å². The molecule has 0 aliphatic heterocycles. The van der Waals surface area contributed by atoms with Gasteiger partial charge in [-0.1, -0.05) is 6.07 Å². The maximum Gasteiger partial charge on any atom is 0.573 e. The Kier molecular flexibility index (Phi) is 4.80. The Balaban J connectivity index is 2.96. The van der Waals surface area contributed by atoms with Gasteiger partial charge in [0.2, 0.25) is 0 Å². The van der Waals surface area contributed by atoms with Gasteiger partial charge in [-0.2, -0.15) is 0 Å². The van der Waals surface area contributed by atoms with Gasteiger partial charge in [0, 0.05) is 17.7 Å². The minimum atomic E-state index is -4.73. The average Bonchev–Trinajstić information content (AvgIpc) is 2.27. The number of benzene rings is 1. The minimum Gasteiger partial charge on any atom is -0.496 e. The Labute approximate surface area is 103 Å². The van der Waals surface area contributed by atoms with Crippen molar-refractivity contribution in [2.45, 2.75) is 18.8 Å². The molecule has 18 heavy (non-hydrogen) atoms. The van der Waals surface area contributed by atoms with E-state index in [9.17, 15) is 13.2 Å². The SMILES string of the molecule is COc1cc(OC(F)(F)F)ccc1[C@@H](N)CCN. The lowest BCUT2D eigenvalue weighted by Crippen LogP contribution is -2.18. The molecule has 0 fully saturated rings. The zero-order chi connectivity index (χ0) is 13.8. The summed E-state index contributed by atoms with van der Waals surface area (Å²) in [4.78, 5) is 0. The van der Waals surface area contributed by atoms with Gasteiger partial charge in [-0.25, -0.2) is 0 Å². The van der Waals surface area contributed by atoms with Crippen LogP contribution in [0.4, 0.5) is 13.2 Å². The van der Waals surface area contributed by atoms with Crippen molar-refractivity contribution in [1.82, 2.24) is 0 Å². The van der Waals surface area contributed by atoms with E-state index in [0.29, 0.717) is 18.5 Å². The number of rotatable bonds is 5. The van der Waals surface area contributed by atoms with E-state index < -0.39 is 6.36 Å². The largest absolute Gasteiger partial charge is 0.573 e. The first kappa shape index (κ1) is 14.6. The van der Waals surface area contributed by atoms with E-state index in [4.69, 9.17) is 16.2 Å². The van der Waals surface area contributed by atoms with Gasteiger partial charge in [-0.3, -0.25) is 0 Å². The Bertz CT molecular complexity index is 396. The van der Waals surface area contributed by atoms with Crippen molar-refractivity contribution in [3.8, 4) is 11.5 Å². The van der Waals surface area contributed by atoms with Crippen LogP contribution in [0.15, 0.2) is 18.2 Å². The van der Waals surface area contributed by atoms with Gasteiger partial charge in [-0.15, -0.1) is 13.2 Å². The van der Waals surface area contributed by atoms with Crippen LogP contribution in [0.1, 0.15) is 18.0 Å². The highest BCUT2D eigenvalue weighted by molar-refractivity contribution is 5.42. The van der Waals surface area contributed by atoms with Crippen molar-refractivity contribution in [1.29, 1.82) is 0 Å². The van der Waals surface area contributed by atoms with Crippen LogP contribution in [0.25, 0.3) is 0 Å². The molecule has 0 amide bonds. The van der Waals surface area contributed by atoms with E-state index in [1.54, 1.807) is 0 Å². The first-order valence-electron chi connectivity index (χ1n) is 5.26. The number of ether oxygens (including phenoxy) is 2. The summed E-state index contributed by atoms with van der Waals surface area (Å²) in [6.07, 6.45) is -4.22. The molecule has 0 spiro atoms. The van der Waals surface area contributed by atoms with Crippen molar-refractivity contribution in [3.05, 3.63) is 23.8 Å². The summed E-state index contributed by atoms with van der Waals surface area (Å²) in [5, 5.41) is 0. The van der Waals surface area contributed by atoms with Crippen molar-refractivity contribution in [2.24, 2.45) is 11.5 Å². The van der Waals surface area contributed by atoms with E-state index in [1.807, 2.05) is 0 Å². The summed E-state index contributed by atoms with van der Waals surface area (Å²) in [6.45, 7) is 0.380. The van der Waals surface area contributed by atoms with E-state index in [2.05, 4.69) is 4.74 Å². The second-order valence-corrected chi connectivity index (χ2v) is 3.64. The van der Waals surface area contributed by atoms with Gasteiger partial charge in [0.1, 0.15) is 11.5 Å². The second-order valence-electron chi connectivity index (χ2n) is 3.64. The molecule has 0 aliphatic rings. The zero-order valence-electron chi connectivity index (χ0n) is 9.83. The second kappa shape index (κ2) is 5.92. The third-order valence-electron chi connectivity index (χ3n) is 2.32. The molecule has 1 rings (SSSR count). The van der Waals surface area contributed by atoms with Crippen LogP contribution in [-0.2, 0) is 0 Å². The summed E-state index contributed by atoms with van der Waals surface area (Å²) >= 11 is 0. The number of halogens is 3. The quantitative estimate of drug-likeness (QED) is 0.852. The zero-order valence-corrected chi connectivity index (χ0v) is 9.83. The maximum atomic E-state index is 12.1. The molecule has 102 valence electrons. The van der Waals surface area contributed by atoms with Crippen LogP contribution >= 0.6 is 0 Å². The van der Waals surface area contributed by atoms with Gasteiger partial charge in [-0.05, 0) is 19.0 Å². The van der Waals surface area contributed by atoms with Crippen molar-refractivity contribution in [3.63, 3.8) is 0 Å². The molecule has 0 heterocycles. The monoisotopic (exact) mass is 264 g/mol. The van der Waals surface area contributed by atoms with Crippen molar-refractivity contribution >= 4 is 0 Å². The molecule has 0 aromatic heterocycles. The average molecular weight is 264 g/mol. The van der Waals surface area contributed by atoms with E-state index in [1.165, 1.54) is 19.2 Å². The van der Waals surface area contributed by atoms with Crippen LogP contribution in [0, 0.1) is 0 Å². The molecule has 1 atom stereocenters. The topological polar surface area (TPSA) is 70.5 Å². The van der Waals surface area contributed by atoms with Crippen LogP contribution in [0.5, 0.6) is 11.5 Å². The van der Waals surface area contributed by atoms with Gasteiger partial charge in [0.15, 0.2) is 0 Å². The summed E-state index contributed by atoms with van der Waals surface area (Å²) in [7, 11) is 1.35. The molecular weight excluding hydrogens is 249 g/mol. The third-order valence-corrected chi connectivity index (χ3v) is 2.32.